The molecule has 0 aromatic heterocycles. The highest BCUT2D eigenvalue weighted by Gasteiger charge is 2.51. The summed E-state index contributed by atoms with van der Waals surface area (Å²) < 4.78 is 5.32. The van der Waals surface area contributed by atoms with E-state index in [9.17, 15) is 14.4 Å². The van der Waals surface area contributed by atoms with Crippen molar-refractivity contribution in [3.8, 4) is 0 Å². The SMILES string of the molecule is CCCCNC(=O)[C@@H]1N(C(=O)[C@H](CC)NC(=O)OCc2ccccc2)c2ccccc2C1(C)C. The van der Waals surface area contributed by atoms with Crippen molar-refractivity contribution in [2.24, 2.45) is 0 Å². The highest BCUT2D eigenvalue weighted by atomic mass is 16.5. The molecule has 0 bridgehead atoms. The number of anilines is 1. The van der Waals surface area contributed by atoms with Crippen LogP contribution in [0, 0.1) is 0 Å². The maximum atomic E-state index is 13.8. The molecule has 2 aromatic rings. The number of rotatable bonds is 9. The van der Waals surface area contributed by atoms with Crippen LogP contribution in [0.25, 0.3) is 0 Å². The van der Waals surface area contributed by atoms with Crippen molar-refractivity contribution < 1.29 is 19.1 Å². The molecule has 2 aromatic carbocycles. The van der Waals surface area contributed by atoms with Gasteiger partial charge in [-0.15, -0.1) is 0 Å². The summed E-state index contributed by atoms with van der Waals surface area (Å²) in [7, 11) is 0. The number of nitrogens with one attached hydrogen (secondary N) is 2. The standard InChI is InChI=1S/C27H35N3O4/c1-5-7-17-28-24(31)23-27(3,4)20-15-11-12-16-22(20)30(23)25(32)21(6-2)29-26(33)34-18-19-13-9-8-10-14-19/h8-16,21,23H,5-7,17-18H2,1-4H3,(H,28,31)(H,29,33)/t21-,23-/m0/s1. The summed E-state index contributed by atoms with van der Waals surface area (Å²) in [5.74, 6) is -0.516. The van der Waals surface area contributed by atoms with Crippen LogP contribution < -0.4 is 15.5 Å². The Kier molecular flexibility index (Phi) is 8.31. The maximum absolute atomic E-state index is 13.8. The van der Waals surface area contributed by atoms with Crippen molar-refractivity contribution in [3.63, 3.8) is 0 Å². The minimum absolute atomic E-state index is 0.110. The Morgan fingerprint density at radius 1 is 1.03 bits per heavy atom. The predicted molar refractivity (Wildman–Crippen MR) is 133 cm³/mol. The van der Waals surface area contributed by atoms with E-state index in [4.69, 9.17) is 4.74 Å². The first-order chi connectivity index (χ1) is 16.3. The van der Waals surface area contributed by atoms with Crippen LogP contribution in [0.3, 0.4) is 0 Å². The number of hydrogen-bond donors (Lipinski definition) is 2. The highest BCUT2D eigenvalue weighted by molar-refractivity contribution is 6.07. The number of alkyl carbamates (subject to hydrolysis) is 1. The third-order valence-corrected chi connectivity index (χ3v) is 6.33. The van der Waals surface area contributed by atoms with Gasteiger partial charge in [0.1, 0.15) is 18.7 Å². The molecule has 0 saturated carbocycles. The summed E-state index contributed by atoms with van der Waals surface area (Å²) in [6, 6.07) is 15.4. The summed E-state index contributed by atoms with van der Waals surface area (Å²) in [5.41, 5.74) is 1.90. The lowest BCUT2D eigenvalue weighted by molar-refractivity contribution is -0.128. The van der Waals surface area contributed by atoms with Gasteiger partial charge >= 0.3 is 6.09 Å². The summed E-state index contributed by atoms with van der Waals surface area (Å²) >= 11 is 0. The normalized spacial score (nSPS) is 16.9. The fraction of sp³-hybridized carbons (Fsp3) is 0.444. The van der Waals surface area contributed by atoms with Crippen LogP contribution in [0.4, 0.5) is 10.5 Å². The molecule has 2 atom stereocenters. The van der Waals surface area contributed by atoms with Crippen molar-refractivity contribution in [1.29, 1.82) is 0 Å². The topological polar surface area (TPSA) is 87.7 Å². The van der Waals surface area contributed by atoms with E-state index in [-0.39, 0.29) is 18.4 Å². The van der Waals surface area contributed by atoms with Gasteiger partial charge in [-0.1, -0.05) is 82.6 Å². The molecule has 1 aliphatic heterocycles. The second kappa shape index (κ2) is 11.2. The summed E-state index contributed by atoms with van der Waals surface area (Å²) in [6.07, 6.45) is 1.53. The Bertz CT molecular complexity index is 1010. The third-order valence-electron chi connectivity index (χ3n) is 6.33. The molecule has 0 radical (unpaired) electrons. The zero-order valence-electron chi connectivity index (χ0n) is 20.5. The van der Waals surface area contributed by atoms with Crippen LogP contribution >= 0.6 is 0 Å². The molecule has 7 heteroatoms. The van der Waals surface area contributed by atoms with Crippen LogP contribution in [-0.4, -0.2) is 36.5 Å². The van der Waals surface area contributed by atoms with Crippen LogP contribution in [0.5, 0.6) is 0 Å². The zero-order valence-corrected chi connectivity index (χ0v) is 20.5. The van der Waals surface area contributed by atoms with Crippen molar-refractivity contribution in [2.75, 3.05) is 11.4 Å². The number of carbonyl (C=O) groups is 3. The van der Waals surface area contributed by atoms with Gasteiger partial charge in [0.2, 0.25) is 11.8 Å². The Balaban J connectivity index is 1.80. The van der Waals surface area contributed by atoms with E-state index in [1.807, 2.05) is 75.4 Å². The van der Waals surface area contributed by atoms with Gasteiger partial charge in [0.05, 0.1) is 0 Å². The Hall–Kier alpha value is -3.35. The Labute approximate surface area is 201 Å². The molecule has 1 aliphatic rings. The number of hydrogen-bond acceptors (Lipinski definition) is 4. The van der Waals surface area contributed by atoms with Crippen molar-refractivity contribution in [3.05, 3.63) is 65.7 Å². The number of ether oxygens (including phenoxy) is 1. The predicted octanol–water partition coefficient (Wildman–Crippen LogP) is 4.30. The van der Waals surface area contributed by atoms with Gasteiger partial charge in [0.15, 0.2) is 0 Å². The molecule has 1 heterocycles. The minimum Gasteiger partial charge on any atom is -0.445 e. The summed E-state index contributed by atoms with van der Waals surface area (Å²) in [6.45, 7) is 8.51. The van der Waals surface area contributed by atoms with E-state index in [1.54, 1.807) is 4.90 Å². The molecule has 0 aliphatic carbocycles. The second-order valence-electron chi connectivity index (χ2n) is 9.16. The van der Waals surface area contributed by atoms with Gasteiger partial charge in [-0.3, -0.25) is 14.5 Å². The van der Waals surface area contributed by atoms with E-state index in [1.165, 1.54) is 0 Å². The Morgan fingerprint density at radius 2 is 1.71 bits per heavy atom. The van der Waals surface area contributed by atoms with Gasteiger partial charge < -0.3 is 15.4 Å². The molecule has 0 unspecified atom stereocenters. The fourth-order valence-electron chi connectivity index (χ4n) is 4.43. The van der Waals surface area contributed by atoms with Gasteiger partial charge in [-0.2, -0.15) is 0 Å². The monoisotopic (exact) mass is 465 g/mol. The number of unbranched alkanes of at least 4 members (excludes halogenated alkanes) is 1. The van der Waals surface area contributed by atoms with E-state index in [0.29, 0.717) is 18.7 Å². The lowest BCUT2D eigenvalue weighted by atomic mass is 9.80. The number of para-hydroxylation sites is 1. The molecular weight excluding hydrogens is 430 g/mol. The van der Waals surface area contributed by atoms with Crippen molar-refractivity contribution >= 4 is 23.6 Å². The first kappa shape index (κ1) is 25.3. The smallest absolute Gasteiger partial charge is 0.408 e. The number of nitrogens with zero attached hydrogens (tertiary/aromatic N) is 1. The minimum atomic E-state index is -0.823. The molecule has 182 valence electrons. The average molecular weight is 466 g/mol. The molecule has 3 amide bonds. The largest absolute Gasteiger partial charge is 0.445 e. The van der Waals surface area contributed by atoms with Crippen LogP contribution in [-0.2, 0) is 26.3 Å². The first-order valence-corrected chi connectivity index (χ1v) is 12.0. The van der Waals surface area contributed by atoms with Crippen molar-refractivity contribution in [1.82, 2.24) is 10.6 Å². The molecule has 0 saturated heterocycles. The number of carbonyl (C=O) groups excluding carboxylic acids is 3. The van der Waals surface area contributed by atoms with E-state index in [0.717, 1.165) is 24.0 Å². The zero-order chi connectivity index (χ0) is 24.7. The van der Waals surface area contributed by atoms with E-state index < -0.39 is 23.6 Å². The average Bonchev–Trinajstić information content (AvgIpc) is 3.08. The van der Waals surface area contributed by atoms with Crippen LogP contribution in [0.15, 0.2) is 54.6 Å². The maximum Gasteiger partial charge on any atom is 0.408 e. The molecular formula is C27H35N3O4. The van der Waals surface area contributed by atoms with E-state index in [2.05, 4.69) is 17.6 Å². The fourth-order valence-corrected chi connectivity index (χ4v) is 4.43. The van der Waals surface area contributed by atoms with Crippen molar-refractivity contribution in [2.45, 2.75) is 71.1 Å². The van der Waals surface area contributed by atoms with Crippen LogP contribution in [0.2, 0.25) is 0 Å². The Morgan fingerprint density at radius 3 is 2.38 bits per heavy atom. The summed E-state index contributed by atoms with van der Waals surface area (Å²) in [5, 5.41) is 5.69. The van der Waals surface area contributed by atoms with Gasteiger partial charge in [0.25, 0.3) is 0 Å². The number of fused-ring (bicyclic) bond motifs is 1. The number of amides is 3. The highest BCUT2D eigenvalue weighted by Crippen LogP contribution is 2.45. The summed E-state index contributed by atoms with van der Waals surface area (Å²) in [4.78, 5) is 41.1. The van der Waals surface area contributed by atoms with Gasteiger partial charge in [0, 0.05) is 17.6 Å². The van der Waals surface area contributed by atoms with Gasteiger partial charge in [-0.05, 0) is 30.0 Å². The molecule has 7 nitrogen and oxygen atoms in total. The lowest BCUT2D eigenvalue weighted by Crippen LogP contribution is -2.58. The quantitative estimate of drug-likeness (QED) is 0.541. The van der Waals surface area contributed by atoms with E-state index >= 15 is 0 Å². The first-order valence-electron chi connectivity index (χ1n) is 12.0. The van der Waals surface area contributed by atoms with Gasteiger partial charge in [-0.25, -0.2) is 4.79 Å². The number of benzene rings is 2. The van der Waals surface area contributed by atoms with Crippen LogP contribution in [0.1, 0.15) is 58.1 Å². The molecule has 3 rings (SSSR count). The molecule has 34 heavy (non-hydrogen) atoms. The molecule has 0 spiro atoms. The molecule has 0 fully saturated rings. The third kappa shape index (κ3) is 5.41. The lowest BCUT2D eigenvalue weighted by Gasteiger charge is -2.34. The molecule has 2 N–H and O–H groups in total. The second-order valence-corrected chi connectivity index (χ2v) is 9.16.